The number of thioether (sulfide) groups is 1. The fraction of sp³-hybridized carbons (Fsp3) is 0.556. The zero-order valence-electron chi connectivity index (χ0n) is 8.78. The van der Waals surface area contributed by atoms with Crippen molar-refractivity contribution in [3.8, 4) is 0 Å². The van der Waals surface area contributed by atoms with Gasteiger partial charge in [-0.3, -0.25) is 4.57 Å². The van der Waals surface area contributed by atoms with Crippen molar-refractivity contribution in [2.24, 2.45) is 0 Å². The first-order valence-corrected chi connectivity index (χ1v) is 5.95. The van der Waals surface area contributed by atoms with Crippen LogP contribution in [0.3, 0.4) is 0 Å². The smallest absolute Gasteiger partial charge is 0.350 e. The zero-order chi connectivity index (χ0) is 12.6. The van der Waals surface area contributed by atoms with E-state index >= 15 is 0 Å². The van der Waals surface area contributed by atoms with Gasteiger partial charge in [0.2, 0.25) is 0 Å². The van der Waals surface area contributed by atoms with Gasteiger partial charge in [-0.2, -0.15) is 4.98 Å². The Kier molecular flexibility index (Phi) is 3.36. The summed E-state index contributed by atoms with van der Waals surface area (Å²) in [7, 11) is 0. The number of hydrogen-bond donors (Lipinski definition) is 3. The summed E-state index contributed by atoms with van der Waals surface area (Å²) < 4.78 is 14.3. The molecule has 8 heteroatoms. The van der Waals surface area contributed by atoms with Crippen molar-refractivity contribution < 1.29 is 14.6 Å². The molecule has 2 rings (SSSR count). The van der Waals surface area contributed by atoms with E-state index in [1.807, 2.05) is 0 Å². The first-order chi connectivity index (χ1) is 8.02. The summed E-state index contributed by atoms with van der Waals surface area (Å²) in [6.07, 6.45) is 0.526. The van der Waals surface area contributed by atoms with Crippen LogP contribution in [-0.2, 0) is 0 Å². The summed E-state index contributed by atoms with van der Waals surface area (Å²) in [4.78, 5) is 14.9. The van der Waals surface area contributed by atoms with Gasteiger partial charge in [0.25, 0.3) is 0 Å². The number of aliphatic hydroxyl groups excluding tert-OH is 2. The normalized spacial score (nSPS) is 28.5. The van der Waals surface area contributed by atoms with Crippen molar-refractivity contribution >= 4 is 17.6 Å². The van der Waals surface area contributed by atoms with Gasteiger partial charge in [-0.1, -0.05) is 0 Å². The Bertz CT molecular complexity index is 481. The molecule has 1 aliphatic rings. The highest BCUT2D eigenvalue weighted by Gasteiger charge is 2.35. The maximum Gasteiger partial charge on any atom is 0.350 e. The van der Waals surface area contributed by atoms with Gasteiger partial charge in [0, 0.05) is 12.6 Å². The van der Waals surface area contributed by atoms with E-state index in [2.05, 4.69) is 4.98 Å². The minimum atomic E-state index is -0.771. The van der Waals surface area contributed by atoms with Gasteiger partial charge in [0.05, 0.1) is 23.3 Å². The monoisotopic (exact) mass is 261 g/mol. The molecule has 0 amide bonds. The lowest BCUT2D eigenvalue weighted by Gasteiger charge is -2.12. The summed E-state index contributed by atoms with van der Waals surface area (Å²) in [6, 6.07) is 0. The molecule has 1 aromatic rings. The molecule has 1 aliphatic heterocycles. The van der Waals surface area contributed by atoms with Crippen LogP contribution in [-0.4, -0.2) is 37.7 Å². The third-order valence-corrected chi connectivity index (χ3v) is 4.18. The molecular weight excluding hydrogens is 249 g/mol. The van der Waals surface area contributed by atoms with Gasteiger partial charge >= 0.3 is 5.69 Å². The lowest BCUT2D eigenvalue weighted by atomic mass is 10.2. The lowest BCUT2D eigenvalue weighted by Crippen LogP contribution is -2.26. The third-order valence-electron chi connectivity index (χ3n) is 2.63. The Hall–Kier alpha value is -1.12. The van der Waals surface area contributed by atoms with Gasteiger partial charge in [0.15, 0.2) is 11.6 Å². The number of aliphatic hydroxyl groups is 2. The summed E-state index contributed by atoms with van der Waals surface area (Å²) in [5.74, 6) is -1.21. The average Bonchev–Trinajstić information content (AvgIpc) is 2.65. The predicted molar refractivity (Wildman–Crippen MR) is 61.0 cm³/mol. The highest BCUT2D eigenvalue weighted by Crippen LogP contribution is 2.40. The molecule has 1 unspecified atom stereocenters. The number of nitrogens with zero attached hydrogens (tertiary/aromatic N) is 2. The minimum absolute atomic E-state index is 0.192. The Morgan fingerprint density at radius 3 is 3.00 bits per heavy atom. The van der Waals surface area contributed by atoms with Gasteiger partial charge in [0.1, 0.15) is 0 Å². The second-order valence-electron chi connectivity index (χ2n) is 3.78. The van der Waals surface area contributed by atoms with Gasteiger partial charge in [-0.25, -0.2) is 9.18 Å². The SMILES string of the molecule is Nc1nc(=O)n([C@@H]2CC(O)[C@H](CO)S2)cc1F. The van der Waals surface area contributed by atoms with E-state index in [1.54, 1.807) is 0 Å². The molecule has 0 aliphatic carbocycles. The summed E-state index contributed by atoms with van der Waals surface area (Å²) in [5.41, 5.74) is 4.51. The van der Waals surface area contributed by atoms with Crippen molar-refractivity contribution in [2.45, 2.75) is 23.1 Å². The maximum atomic E-state index is 13.2. The van der Waals surface area contributed by atoms with Crippen LogP contribution in [0.1, 0.15) is 11.8 Å². The van der Waals surface area contributed by atoms with E-state index in [4.69, 9.17) is 10.8 Å². The molecular formula is C9H12FN3O3S. The van der Waals surface area contributed by atoms with E-state index in [0.717, 1.165) is 10.8 Å². The number of rotatable bonds is 2. The van der Waals surface area contributed by atoms with E-state index in [0.29, 0.717) is 0 Å². The number of halogens is 1. The minimum Gasteiger partial charge on any atom is -0.395 e. The molecule has 17 heavy (non-hydrogen) atoms. The van der Waals surface area contributed by atoms with E-state index < -0.39 is 28.8 Å². The lowest BCUT2D eigenvalue weighted by molar-refractivity contribution is 0.137. The molecule has 94 valence electrons. The van der Waals surface area contributed by atoms with Crippen molar-refractivity contribution in [2.75, 3.05) is 12.3 Å². The van der Waals surface area contributed by atoms with Gasteiger partial charge in [-0.15, -0.1) is 11.8 Å². The Morgan fingerprint density at radius 2 is 2.41 bits per heavy atom. The average molecular weight is 261 g/mol. The molecule has 4 N–H and O–H groups in total. The number of anilines is 1. The topological polar surface area (TPSA) is 101 Å². The number of aromatic nitrogens is 2. The van der Waals surface area contributed by atoms with Crippen LogP contribution >= 0.6 is 11.8 Å². The fourth-order valence-electron chi connectivity index (χ4n) is 1.71. The van der Waals surface area contributed by atoms with E-state index in [9.17, 15) is 14.3 Å². The quantitative estimate of drug-likeness (QED) is 0.652. The van der Waals surface area contributed by atoms with Crippen molar-refractivity contribution in [1.82, 2.24) is 9.55 Å². The van der Waals surface area contributed by atoms with Crippen LogP contribution in [0, 0.1) is 5.82 Å². The molecule has 0 saturated carbocycles. The first kappa shape index (κ1) is 12.3. The standard InChI is InChI=1S/C9H12FN3O3S/c10-4-2-13(9(16)12-8(4)11)7-1-5(15)6(3-14)17-7/h2,5-7,14-15H,1,3H2,(H2,11,12,16)/t5?,6-,7-/m0/s1. The molecule has 1 fully saturated rings. The largest absolute Gasteiger partial charge is 0.395 e. The highest BCUT2D eigenvalue weighted by molar-refractivity contribution is 8.00. The van der Waals surface area contributed by atoms with Crippen LogP contribution < -0.4 is 11.4 Å². The maximum absolute atomic E-state index is 13.2. The van der Waals surface area contributed by atoms with Crippen molar-refractivity contribution in [3.05, 3.63) is 22.5 Å². The molecule has 1 saturated heterocycles. The predicted octanol–water partition coefficient (Wildman–Crippen LogP) is -0.678. The van der Waals surface area contributed by atoms with Crippen LogP contribution in [0.15, 0.2) is 11.0 Å². The Morgan fingerprint density at radius 1 is 1.71 bits per heavy atom. The van der Waals surface area contributed by atoms with Crippen LogP contribution in [0.5, 0.6) is 0 Å². The molecule has 0 spiro atoms. The van der Waals surface area contributed by atoms with Gasteiger partial charge < -0.3 is 15.9 Å². The molecule has 0 radical (unpaired) electrons. The zero-order valence-corrected chi connectivity index (χ0v) is 9.60. The number of nitrogen functional groups attached to an aromatic ring is 1. The summed E-state index contributed by atoms with van der Waals surface area (Å²) in [5, 5.41) is 17.8. The van der Waals surface area contributed by atoms with Crippen molar-refractivity contribution in [1.29, 1.82) is 0 Å². The molecule has 0 aromatic carbocycles. The van der Waals surface area contributed by atoms with Gasteiger partial charge in [-0.05, 0) is 0 Å². The van der Waals surface area contributed by atoms with Crippen LogP contribution in [0.25, 0.3) is 0 Å². The molecule has 6 nitrogen and oxygen atoms in total. The van der Waals surface area contributed by atoms with Crippen LogP contribution in [0.2, 0.25) is 0 Å². The molecule has 1 aromatic heterocycles. The molecule has 0 bridgehead atoms. The second-order valence-corrected chi connectivity index (χ2v) is 5.20. The Balaban J connectivity index is 2.30. The number of hydrogen-bond acceptors (Lipinski definition) is 6. The first-order valence-electron chi connectivity index (χ1n) is 5.01. The Labute approximate surface area is 100 Å². The highest BCUT2D eigenvalue weighted by atomic mass is 32.2. The summed E-state index contributed by atoms with van der Waals surface area (Å²) in [6.45, 7) is -0.192. The fourth-order valence-corrected chi connectivity index (χ4v) is 3.09. The van der Waals surface area contributed by atoms with E-state index in [1.165, 1.54) is 11.8 Å². The summed E-state index contributed by atoms with van der Waals surface area (Å²) >= 11 is 1.22. The molecule has 3 atom stereocenters. The van der Waals surface area contributed by atoms with Crippen LogP contribution in [0.4, 0.5) is 10.2 Å². The molecule has 2 heterocycles. The second kappa shape index (κ2) is 4.63. The third kappa shape index (κ3) is 2.28. The van der Waals surface area contributed by atoms with E-state index in [-0.39, 0.29) is 18.3 Å². The number of nitrogens with two attached hydrogens (primary N) is 1. The van der Waals surface area contributed by atoms with Crippen molar-refractivity contribution in [3.63, 3.8) is 0 Å².